The standard InChI is InChI=1S/C14H13FN2O3/c1-9-7-10(15)4-5-11(9)16-14(20)12-3-2-6-17(12)8-13(18)19/h2-7H,8H2,1H3,(H,16,20)(H,18,19). The average molecular weight is 276 g/mol. The first-order valence-corrected chi connectivity index (χ1v) is 5.92. The van der Waals surface area contributed by atoms with Crippen LogP contribution in [-0.4, -0.2) is 21.6 Å². The summed E-state index contributed by atoms with van der Waals surface area (Å²) in [5.41, 5.74) is 1.31. The van der Waals surface area contributed by atoms with Crippen molar-refractivity contribution in [2.24, 2.45) is 0 Å². The minimum Gasteiger partial charge on any atom is -0.480 e. The lowest BCUT2D eigenvalue weighted by Crippen LogP contribution is -2.19. The summed E-state index contributed by atoms with van der Waals surface area (Å²) in [7, 11) is 0. The molecule has 0 radical (unpaired) electrons. The number of nitrogens with zero attached hydrogens (tertiary/aromatic N) is 1. The highest BCUT2D eigenvalue weighted by molar-refractivity contribution is 6.03. The number of nitrogens with one attached hydrogen (secondary N) is 1. The number of hydrogen-bond acceptors (Lipinski definition) is 2. The van der Waals surface area contributed by atoms with Gasteiger partial charge in [0.25, 0.3) is 5.91 Å². The van der Waals surface area contributed by atoms with Gasteiger partial charge >= 0.3 is 5.97 Å². The first-order chi connectivity index (χ1) is 9.47. The van der Waals surface area contributed by atoms with E-state index >= 15 is 0 Å². The predicted molar refractivity (Wildman–Crippen MR) is 71.2 cm³/mol. The zero-order chi connectivity index (χ0) is 14.7. The zero-order valence-corrected chi connectivity index (χ0v) is 10.8. The molecule has 1 heterocycles. The molecule has 2 rings (SSSR count). The van der Waals surface area contributed by atoms with E-state index < -0.39 is 11.9 Å². The van der Waals surface area contributed by atoms with Gasteiger partial charge in [-0.15, -0.1) is 0 Å². The van der Waals surface area contributed by atoms with Gasteiger partial charge < -0.3 is 15.0 Å². The molecule has 0 saturated heterocycles. The van der Waals surface area contributed by atoms with Gasteiger partial charge in [-0.05, 0) is 42.8 Å². The summed E-state index contributed by atoms with van der Waals surface area (Å²) in [5.74, 6) is -1.85. The van der Waals surface area contributed by atoms with Gasteiger partial charge in [0.2, 0.25) is 0 Å². The van der Waals surface area contributed by atoms with Crippen molar-refractivity contribution in [2.75, 3.05) is 5.32 Å². The Morgan fingerprint density at radius 2 is 2.10 bits per heavy atom. The van der Waals surface area contributed by atoms with Crippen LogP contribution in [0.2, 0.25) is 0 Å². The normalized spacial score (nSPS) is 10.3. The average Bonchev–Trinajstić information content (AvgIpc) is 2.80. The lowest BCUT2D eigenvalue weighted by atomic mass is 10.2. The van der Waals surface area contributed by atoms with Crippen LogP contribution in [0.5, 0.6) is 0 Å². The van der Waals surface area contributed by atoms with E-state index in [1.54, 1.807) is 13.0 Å². The SMILES string of the molecule is Cc1cc(F)ccc1NC(=O)c1cccn1CC(=O)O. The third-order valence-corrected chi connectivity index (χ3v) is 2.80. The number of aliphatic carboxylic acids is 1. The number of aryl methyl sites for hydroxylation is 1. The maximum atomic E-state index is 13.0. The van der Waals surface area contributed by atoms with Gasteiger partial charge in [-0.1, -0.05) is 0 Å². The van der Waals surface area contributed by atoms with E-state index in [0.717, 1.165) is 0 Å². The second-order valence-electron chi connectivity index (χ2n) is 4.33. The molecule has 0 aliphatic rings. The van der Waals surface area contributed by atoms with Gasteiger partial charge in [-0.25, -0.2) is 4.39 Å². The minimum atomic E-state index is -1.03. The number of carboxylic acids is 1. The molecular weight excluding hydrogens is 263 g/mol. The summed E-state index contributed by atoms with van der Waals surface area (Å²) in [6.45, 7) is 1.38. The third-order valence-electron chi connectivity index (χ3n) is 2.80. The molecule has 0 bridgehead atoms. The Balaban J connectivity index is 2.20. The molecule has 0 spiro atoms. The van der Waals surface area contributed by atoms with Crippen LogP contribution in [0.4, 0.5) is 10.1 Å². The van der Waals surface area contributed by atoms with E-state index in [1.807, 2.05) is 0 Å². The maximum absolute atomic E-state index is 13.0. The molecule has 0 aliphatic heterocycles. The fraction of sp³-hybridized carbons (Fsp3) is 0.143. The van der Waals surface area contributed by atoms with Crippen LogP contribution < -0.4 is 5.32 Å². The Morgan fingerprint density at radius 1 is 1.35 bits per heavy atom. The van der Waals surface area contributed by atoms with Gasteiger partial charge in [0.1, 0.15) is 18.1 Å². The summed E-state index contributed by atoms with van der Waals surface area (Å²) in [5, 5.41) is 11.4. The highest BCUT2D eigenvalue weighted by atomic mass is 19.1. The summed E-state index contributed by atoms with van der Waals surface area (Å²) >= 11 is 0. The van der Waals surface area contributed by atoms with E-state index in [4.69, 9.17) is 5.11 Å². The van der Waals surface area contributed by atoms with Crippen LogP contribution in [0.3, 0.4) is 0 Å². The van der Waals surface area contributed by atoms with E-state index in [1.165, 1.54) is 35.0 Å². The molecule has 0 unspecified atom stereocenters. The Kier molecular flexibility index (Phi) is 3.84. The molecule has 104 valence electrons. The Morgan fingerprint density at radius 3 is 2.75 bits per heavy atom. The first-order valence-electron chi connectivity index (χ1n) is 5.92. The molecule has 6 heteroatoms. The Hall–Kier alpha value is -2.63. The molecule has 5 nitrogen and oxygen atoms in total. The smallest absolute Gasteiger partial charge is 0.323 e. The van der Waals surface area contributed by atoms with Gasteiger partial charge in [0.15, 0.2) is 0 Å². The van der Waals surface area contributed by atoms with Crippen molar-refractivity contribution in [1.82, 2.24) is 4.57 Å². The molecular formula is C14H13FN2O3. The maximum Gasteiger partial charge on any atom is 0.323 e. The Labute approximate surface area is 114 Å². The summed E-state index contributed by atoms with van der Waals surface area (Å²) in [6, 6.07) is 7.14. The molecule has 0 saturated carbocycles. The second kappa shape index (κ2) is 5.56. The van der Waals surface area contributed by atoms with Crippen molar-refractivity contribution in [1.29, 1.82) is 0 Å². The number of amides is 1. The molecule has 20 heavy (non-hydrogen) atoms. The van der Waals surface area contributed by atoms with E-state index in [-0.39, 0.29) is 18.1 Å². The third kappa shape index (κ3) is 3.03. The lowest BCUT2D eigenvalue weighted by Gasteiger charge is -2.10. The van der Waals surface area contributed by atoms with Crippen LogP contribution in [0.25, 0.3) is 0 Å². The quantitative estimate of drug-likeness (QED) is 0.899. The summed E-state index contributed by atoms with van der Waals surface area (Å²) < 4.78 is 14.3. The number of anilines is 1. The van der Waals surface area contributed by atoms with E-state index in [0.29, 0.717) is 11.3 Å². The van der Waals surface area contributed by atoms with Gasteiger partial charge in [-0.2, -0.15) is 0 Å². The van der Waals surface area contributed by atoms with Gasteiger partial charge in [0.05, 0.1) is 0 Å². The highest BCUT2D eigenvalue weighted by Gasteiger charge is 2.13. The van der Waals surface area contributed by atoms with E-state index in [2.05, 4.69) is 5.32 Å². The zero-order valence-electron chi connectivity index (χ0n) is 10.8. The van der Waals surface area contributed by atoms with Crippen molar-refractivity contribution < 1.29 is 19.1 Å². The molecule has 0 atom stereocenters. The van der Waals surface area contributed by atoms with Crippen molar-refractivity contribution in [3.63, 3.8) is 0 Å². The monoisotopic (exact) mass is 276 g/mol. The van der Waals surface area contributed by atoms with Crippen LogP contribution in [0.15, 0.2) is 36.5 Å². The van der Waals surface area contributed by atoms with Gasteiger partial charge in [0, 0.05) is 11.9 Å². The van der Waals surface area contributed by atoms with Crippen LogP contribution in [0, 0.1) is 12.7 Å². The fourth-order valence-electron chi connectivity index (χ4n) is 1.86. The van der Waals surface area contributed by atoms with Crippen LogP contribution >= 0.6 is 0 Å². The number of carbonyl (C=O) groups excluding carboxylic acids is 1. The van der Waals surface area contributed by atoms with Crippen molar-refractivity contribution in [3.05, 3.63) is 53.6 Å². The number of carbonyl (C=O) groups is 2. The number of aromatic nitrogens is 1. The number of benzene rings is 1. The van der Waals surface area contributed by atoms with Gasteiger partial charge in [-0.3, -0.25) is 9.59 Å². The van der Waals surface area contributed by atoms with Crippen LogP contribution in [-0.2, 0) is 11.3 Å². The highest BCUT2D eigenvalue weighted by Crippen LogP contribution is 2.17. The minimum absolute atomic E-state index is 0.233. The number of hydrogen-bond donors (Lipinski definition) is 2. The predicted octanol–water partition coefficient (Wildman–Crippen LogP) is 2.27. The lowest BCUT2D eigenvalue weighted by molar-refractivity contribution is -0.137. The Bertz CT molecular complexity index is 664. The second-order valence-corrected chi connectivity index (χ2v) is 4.33. The first kappa shape index (κ1) is 13.8. The van der Waals surface area contributed by atoms with Crippen molar-refractivity contribution >= 4 is 17.6 Å². The van der Waals surface area contributed by atoms with Crippen molar-refractivity contribution in [3.8, 4) is 0 Å². The fourth-order valence-corrected chi connectivity index (χ4v) is 1.86. The topological polar surface area (TPSA) is 71.3 Å². The molecule has 2 N–H and O–H groups in total. The molecule has 0 fully saturated rings. The van der Waals surface area contributed by atoms with Crippen LogP contribution in [0.1, 0.15) is 16.1 Å². The summed E-state index contributed by atoms with van der Waals surface area (Å²) in [4.78, 5) is 22.8. The molecule has 1 aromatic carbocycles. The molecule has 1 amide bonds. The number of carboxylic acid groups (broad SMARTS) is 1. The van der Waals surface area contributed by atoms with Crippen molar-refractivity contribution in [2.45, 2.75) is 13.5 Å². The van der Waals surface area contributed by atoms with E-state index in [9.17, 15) is 14.0 Å². The largest absolute Gasteiger partial charge is 0.480 e. The molecule has 2 aromatic rings. The number of halogens is 1. The molecule has 1 aromatic heterocycles. The number of rotatable bonds is 4. The summed E-state index contributed by atoms with van der Waals surface area (Å²) in [6.07, 6.45) is 1.51. The molecule has 0 aliphatic carbocycles.